The number of hydrogen-bond acceptors (Lipinski definition) is 6. The van der Waals surface area contributed by atoms with Crippen LogP contribution in [0, 0.1) is 5.82 Å². The third kappa shape index (κ3) is 6.68. The van der Waals surface area contributed by atoms with Gasteiger partial charge in [0.05, 0.1) is 18.8 Å². The molecular formula is C31H27F4N3O4. The van der Waals surface area contributed by atoms with Crippen molar-refractivity contribution < 1.29 is 36.4 Å². The summed E-state index contributed by atoms with van der Waals surface area (Å²) in [6.45, 7) is 0.124. The molecule has 1 atom stereocenters. The topological polar surface area (TPSA) is 75.9 Å². The van der Waals surface area contributed by atoms with E-state index < -0.39 is 30.2 Å². The van der Waals surface area contributed by atoms with E-state index in [2.05, 4.69) is 5.16 Å². The Labute approximate surface area is 239 Å². The first-order valence-corrected chi connectivity index (χ1v) is 13.3. The van der Waals surface area contributed by atoms with Gasteiger partial charge in [0.2, 0.25) is 5.91 Å². The Morgan fingerprint density at radius 2 is 1.55 bits per heavy atom. The molecular weight excluding hydrogens is 554 g/mol. The average molecular weight is 582 g/mol. The SMILES string of the molecule is O=C(CCc1cnoc1-c1ccc(F)cc1)N1CCN(C(c2ccccc2)c2ccccc2)C(OC(=O)C(F)(F)F)C1. The number of benzene rings is 3. The molecule has 42 heavy (non-hydrogen) atoms. The molecule has 0 aliphatic carbocycles. The third-order valence-corrected chi connectivity index (χ3v) is 7.12. The van der Waals surface area contributed by atoms with Crippen molar-refractivity contribution in [2.45, 2.75) is 31.3 Å². The van der Waals surface area contributed by atoms with Crippen LogP contribution in [0.1, 0.15) is 29.2 Å². The van der Waals surface area contributed by atoms with E-state index >= 15 is 0 Å². The van der Waals surface area contributed by atoms with Crippen molar-refractivity contribution in [1.29, 1.82) is 0 Å². The van der Waals surface area contributed by atoms with Crippen LogP contribution in [-0.2, 0) is 20.7 Å². The van der Waals surface area contributed by atoms with E-state index in [0.29, 0.717) is 16.9 Å². The van der Waals surface area contributed by atoms with Crippen LogP contribution in [0.15, 0.2) is 95.6 Å². The van der Waals surface area contributed by atoms with Crippen molar-refractivity contribution in [2.24, 2.45) is 0 Å². The summed E-state index contributed by atoms with van der Waals surface area (Å²) in [5.41, 5.74) is 2.83. The number of rotatable bonds is 8. The highest BCUT2D eigenvalue weighted by molar-refractivity contribution is 5.78. The molecule has 0 spiro atoms. The standard InChI is InChI=1S/C31H27F4N3O4/c32-25-14-11-23(12-15-25)29-24(19-36-42-29)13-16-26(39)37-17-18-38(27(20-37)41-30(40)31(33,34)35)28(21-7-3-1-4-8-21)22-9-5-2-6-10-22/h1-12,14-15,19,27-28H,13,16-18,20H2. The Morgan fingerprint density at radius 1 is 0.929 bits per heavy atom. The second-order valence-electron chi connectivity index (χ2n) is 9.85. The van der Waals surface area contributed by atoms with Gasteiger partial charge in [-0.1, -0.05) is 65.8 Å². The molecule has 1 saturated heterocycles. The van der Waals surface area contributed by atoms with Crippen LogP contribution in [0.25, 0.3) is 11.3 Å². The summed E-state index contributed by atoms with van der Waals surface area (Å²) in [6, 6.07) is 23.5. The van der Waals surface area contributed by atoms with Crippen molar-refractivity contribution >= 4 is 11.9 Å². The molecule has 218 valence electrons. The second kappa shape index (κ2) is 12.6. The first-order valence-electron chi connectivity index (χ1n) is 13.3. The fourth-order valence-corrected chi connectivity index (χ4v) is 5.11. The Morgan fingerprint density at radius 3 is 2.14 bits per heavy atom. The molecule has 1 aliphatic rings. The molecule has 0 radical (unpaired) electrons. The van der Waals surface area contributed by atoms with Gasteiger partial charge in [0, 0.05) is 30.6 Å². The number of carbonyl (C=O) groups excluding carboxylic acids is 2. The highest BCUT2D eigenvalue weighted by Gasteiger charge is 2.45. The normalized spacial score (nSPS) is 16.0. The number of esters is 1. The first-order chi connectivity index (χ1) is 20.2. The maximum absolute atomic E-state index is 13.3. The predicted octanol–water partition coefficient (Wildman–Crippen LogP) is 5.78. The average Bonchev–Trinajstić information content (AvgIpc) is 3.46. The largest absolute Gasteiger partial charge is 0.490 e. The lowest BCUT2D eigenvalue weighted by atomic mass is 9.96. The van der Waals surface area contributed by atoms with Crippen molar-refractivity contribution in [3.63, 3.8) is 0 Å². The van der Waals surface area contributed by atoms with Crippen molar-refractivity contribution in [2.75, 3.05) is 19.6 Å². The minimum Gasteiger partial charge on any atom is -0.438 e. The van der Waals surface area contributed by atoms with Crippen molar-refractivity contribution in [3.05, 3.63) is 114 Å². The van der Waals surface area contributed by atoms with Gasteiger partial charge in [-0.15, -0.1) is 0 Å². The monoisotopic (exact) mass is 581 g/mol. The number of halogens is 4. The summed E-state index contributed by atoms with van der Waals surface area (Å²) in [5.74, 6) is -2.65. The molecule has 1 amide bonds. The number of ether oxygens (including phenoxy) is 1. The molecule has 11 heteroatoms. The zero-order valence-electron chi connectivity index (χ0n) is 22.3. The Balaban J connectivity index is 1.35. The molecule has 2 heterocycles. The van der Waals surface area contributed by atoms with E-state index in [4.69, 9.17) is 9.26 Å². The lowest BCUT2D eigenvalue weighted by Crippen LogP contribution is -2.58. The summed E-state index contributed by atoms with van der Waals surface area (Å²) in [6.07, 6.45) is -4.83. The second-order valence-corrected chi connectivity index (χ2v) is 9.85. The predicted molar refractivity (Wildman–Crippen MR) is 144 cm³/mol. The molecule has 1 unspecified atom stereocenters. The van der Waals surface area contributed by atoms with Gasteiger partial charge < -0.3 is 14.2 Å². The summed E-state index contributed by atoms with van der Waals surface area (Å²) < 4.78 is 63.6. The number of aromatic nitrogens is 1. The van der Waals surface area contributed by atoms with Gasteiger partial charge in [-0.25, -0.2) is 9.18 Å². The highest BCUT2D eigenvalue weighted by atomic mass is 19.4. The van der Waals surface area contributed by atoms with Crippen LogP contribution >= 0.6 is 0 Å². The smallest absolute Gasteiger partial charge is 0.438 e. The van der Waals surface area contributed by atoms with Crippen LogP contribution in [0.5, 0.6) is 0 Å². The molecule has 3 aromatic carbocycles. The van der Waals surface area contributed by atoms with E-state index in [9.17, 15) is 27.2 Å². The summed E-state index contributed by atoms with van der Waals surface area (Å²) >= 11 is 0. The minimum atomic E-state index is -5.20. The highest BCUT2D eigenvalue weighted by Crippen LogP contribution is 2.33. The summed E-state index contributed by atoms with van der Waals surface area (Å²) in [5, 5.41) is 3.80. The molecule has 1 aromatic heterocycles. The van der Waals surface area contributed by atoms with Gasteiger partial charge in [-0.3, -0.25) is 9.69 Å². The Bertz CT molecular complexity index is 1450. The van der Waals surface area contributed by atoms with E-state index in [-0.39, 0.29) is 38.4 Å². The molecule has 0 saturated carbocycles. The molecule has 0 N–H and O–H groups in total. The van der Waals surface area contributed by atoms with Crippen LogP contribution in [0.4, 0.5) is 17.6 Å². The number of nitrogens with zero attached hydrogens (tertiary/aromatic N) is 3. The lowest BCUT2D eigenvalue weighted by molar-refractivity contribution is -0.218. The van der Waals surface area contributed by atoms with Gasteiger partial charge in [0.15, 0.2) is 12.0 Å². The number of aryl methyl sites for hydroxylation is 1. The minimum absolute atomic E-state index is 0.0101. The fraction of sp³-hybridized carbons (Fsp3) is 0.258. The summed E-state index contributed by atoms with van der Waals surface area (Å²) in [7, 11) is 0. The number of piperazine rings is 1. The fourth-order valence-electron chi connectivity index (χ4n) is 5.11. The molecule has 0 bridgehead atoms. The maximum Gasteiger partial charge on any atom is 0.490 e. The molecule has 5 rings (SSSR count). The molecule has 1 fully saturated rings. The van der Waals surface area contributed by atoms with Crippen molar-refractivity contribution in [1.82, 2.24) is 15.0 Å². The van der Waals surface area contributed by atoms with E-state index in [1.807, 2.05) is 60.7 Å². The van der Waals surface area contributed by atoms with Crippen LogP contribution in [0.2, 0.25) is 0 Å². The van der Waals surface area contributed by atoms with Gasteiger partial charge in [0.25, 0.3) is 0 Å². The first kappa shape index (κ1) is 29.0. The third-order valence-electron chi connectivity index (χ3n) is 7.12. The number of amides is 1. The van der Waals surface area contributed by atoms with E-state index in [1.165, 1.54) is 35.4 Å². The number of alkyl halides is 3. The molecule has 1 aliphatic heterocycles. The van der Waals surface area contributed by atoms with Gasteiger partial charge in [-0.2, -0.15) is 13.2 Å². The zero-order valence-corrected chi connectivity index (χ0v) is 22.3. The summed E-state index contributed by atoms with van der Waals surface area (Å²) in [4.78, 5) is 28.4. The Kier molecular flexibility index (Phi) is 8.67. The Hall–Kier alpha value is -4.51. The molecule has 7 nitrogen and oxygen atoms in total. The van der Waals surface area contributed by atoms with Gasteiger partial charge in [0.1, 0.15) is 5.82 Å². The van der Waals surface area contributed by atoms with Gasteiger partial charge >= 0.3 is 12.1 Å². The van der Waals surface area contributed by atoms with Crippen LogP contribution in [-0.4, -0.2) is 58.9 Å². The van der Waals surface area contributed by atoms with Crippen LogP contribution < -0.4 is 0 Å². The van der Waals surface area contributed by atoms with Gasteiger partial charge in [-0.05, 0) is 41.8 Å². The number of carbonyl (C=O) groups is 2. The lowest BCUT2D eigenvalue weighted by Gasteiger charge is -2.44. The number of hydrogen-bond donors (Lipinski definition) is 0. The maximum atomic E-state index is 13.3. The van der Waals surface area contributed by atoms with E-state index in [0.717, 1.165) is 11.1 Å². The van der Waals surface area contributed by atoms with E-state index in [1.54, 1.807) is 4.90 Å². The zero-order chi connectivity index (χ0) is 29.7. The van der Waals surface area contributed by atoms with Crippen molar-refractivity contribution in [3.8, 4) is 11.3 Å². The van der Waals surface area contributed by atoms with Crippen LogP contribution in [0.3, 0.4) is 0 Å². The molecule has 4 aromatic rings. The quantitative estimate of drug-likeness (QED) is 0.194.